The largest absolute Gasteiger partial charge is 0.303 e. The Bertz CT molecular complexity index is 179. The third kappa shape index (κ3) is 2.69. The van der Waals surface area contributed by atoms with E-state index in [-0.39, 0.29) is 11.3 Å². The van der Waals surface area contributed by atoms with E-state index in [0.717, 1.165) is 25.8 Å². The average molecular weight is 201 g/mol. The Morgan fingerprint density at radius 1 is 1.43 bits per heavy atom. The zero-order chi connectivity index (χ0) is 10.8. The Labute approximate surface area is 87.7 Å². The maximum atomic E-state index is 13.9. The predicted octanol–water partition coefficient (Wildman–Crippen LogP) is 3.10. The molecule has 0 N–H and O–H groups in total. The Morgan fingerprint density at radius 2 is 2.07 bits per heavy atom. The zero-order valence-corrected chi connectivity index (χ0v) is 10.0. The first-order valence-electron chi connectivity index (χ1n) is 5.80. The summed E-state index contributed by atoms with van der Waals surface area (Å²) in [6.07, 6.45) is 2.69. The van der Waals surface area contributed by atoms with Gasteiger partial charge in [-0.15, -0.1) is 0 Å². The highest BCUT2D eigenvalue weighted by Gasteiger charge is 2.37. The molecule has 84 valence electrons. The van der Waals surface area contributed by atoms with Crippen LogP contribution < -0.4 is 0 Å². The minimum atomic E-state index is -0.629. The second kappa shape index (κ2) is 4.61. The van der Waals surface area contributed by atoms with Crippen LogP contribution in [0.15, 0.2) is 0 Å². The van der Waals surface area contributed by atoms with Crippen molar-refractivity contribution in [2.24, 2.45) is 11.3 Å². The number of rotatable bonds is 3. The van der Waals surface area contributed by atoms with E-state index < -0.39 is 6.17 Å². The lowest BCUT2D eigenvalue weighted by atomic mass is 9.70. The molecule has 0 radical (unpaired) electrons. The molecule has 14 heavy (non-hydrogen) atoms. The van der Waals surface area contributed by atoms with Gasteiger partial charge >= 0.3 is 0 Å². The summed E-state index contributed by atoms with van der Waals surface area (Å²) in [4.78, 5) is 2.10. The normalized spacial score (nSPS) is 30.6. The van der Waals surface area contributed by atoms with Gasteiger partial charge in [0.2, 0.25) is 0 Å². The highest BCUT2D eigenvalue weighted by Crippen LogP contribution is 2.39. The number of likely N-dealkylation sites (tertiary alicyclic amines) is 1. The topological polar surface area (TPSA) is 3.24 Å². The van der Waals surface area contributed by atoms with Gasteiger partial charge in [-0.25, -0.2) is 4.39 Å². The second-order valence-electron chi connectivity index (χ2n) is 5.41. The van der Waals surface area contributed by atoms with Crippen LogP contribution in [-0.4, -0.2) is 31.2 Å². The van der Waals surface area contributed by atoms with Crippen molar-refractivity contribution < 1.29 is 4.39 Å². The molecule has 1 fully saturated rings. The summed E-state index contributed by atoms with van der Waals surface area (Å²) in [5, 5.41) is 0. The molecule has 2 atom stereocenters. The van der Waals surface area contributed by atoms with Gasteiger partial charge < -0.3 is 4.90 Å². The van der Waals surface area contributed by atoms with Crippen LogP contribution >= 0.6 is 0 Å². The monoisotopic (exact) mass is 201 g/mol. The van der Waals surface area contributed by atoms with E-state index in [9.17, 15) is 4.39 Å². The lowest BCUT2D eigenvalue weighted by molar-refractivity contribution is 0.0233. The minimum Gasteiger partial charge on any atom is -0.303 e. The summed E-state index contributed by atoms with van der Waals surface area (Å²) in [7, 11) is 2.01. The molecule has 0 aromatic heterocycles. The van der Waals surface area contributed by atoms with Crippen LogP contribution in [0, 0.1) is 11.3 Å². The lowest BCUT2D eigenvalue weighted by Gasteiger charge is -2.42. The van der Waals surface area contributed by atoms with Crippen molar-refractivity contribution >= 4 is 0 Å². The van der Waals surface area contributed by atoms with Gasteiger partial charge in [-0.05, 0) is 37.8 Å². The fourth-order valence-electron chi connectivity index (χ4n) is 2.77. The van der Waals surface area contributed by atoms with Gasteiger partial charge in [0.1, 0.15) is 6.17 Å². The molecule has 2 unspecified atom stereocenters. The van der Waals surface area contributed by atoms with Gasteiger partial charge in [0.15, 0.2) is 0 Å². The zero-order valence-electron chi connectivity index (χ0n) is 10.0. The molecule has 1 aliphatic heterocycles. The maximum absolute atomic E-state index is 13.9. The van der Waals surface area contributed by atoms with E-state index in [4.69, 9.17) is 0 Å². The van der Waals surface area contributed by atoms with Gasteiger partial charge in [-0.2, -0.15) is 0 Å². The SMILES string of the molecule is CCCC(C)(C)C1CCN(C)CC1F. The highest BCUT2D eigenvalue weighted by atomic mass is 19.1. The number of piperidine rings is 1. The molecular formula is C12H24FN. The van der Waals surface area contributed by atoms with Gasteiger partial charge in [0, 0.05) is 6.54 Å². The van der Waals surface area contributed by atoms with E-state index in [1.165, 1.54) is 0 Å². The van der Waals surface area contributed by atoms with E-state index in [2.05, 4.69) is 25.7 Å². The smallest absolute Gasteiger partial charge is 0.116 e. The first kappa shape index (κ1) is 12.0. The standard InChI is InChI=1S/C12H24FN/c1-5-7-12(2,3)10-6-8-14(4)9-11(10)13/h10-11H,5-9H2,1-4H3. The molecule has 0 spiro atoms. The Kier molecular flexibility index (Phi) is 3.94. The second-order valence-corrected chi connectivity index (χ2v) is 5.41. The van der Waals surface area contributed by atoms with Crippen LogP contribution in [0.4, 0.5) is 4.39 Å². The molecule has 1 aliphatic rings. The number of hydrogen-bond donors (Lipinski definition) is 0. The van der Waals surface area contributed by atoms with Crippen LogP contribution in [0.25, 0.3) is 0 Å². The molecule has 2 heteroatoms. The molecule has 0 aromatic rings. The fourth-order valence-corrected chi connectivity index (χ4v) is 2.77. The van der Waals surface area contributed by atoms with Crippen molar-refractivity contribution in [2.45, 2.75) is 46.2 Å². The van der Waals surface area contributed by atoms with Crippen LogP contribution in [0.2, 0.25) is 0 Å². The first-order valence-corrected chi connectivity index (χ1v) is 5.80. The maximum Gasteiger partial charge on any atom is 0.116 e. The Morgan fingerprint density at radius 3 is 2.57 bits per heavy atom. The van der Waals surface area contributed by atoms with Gasteiger partial charge in [-0.3, -0.25) is 0 Å². The molecule has 1 saturated heterocycles. The summed E-state index contributed by atoms with van der Waals surface area (Å²) in [6.45, 7) is 8.30. The van der Waals surface area contributed by atoms with Crippen molar-refractivity contribution in [1.29, 1.82) is 0 Å². The summed E-state index contributed by atoms with van der Waals surface area (Å²) < 4.78 is 13.9. The van der Waals surface area contributed by atoms with Crippen LogP contribution in [0.5, 0.6) is 0 Å². The number of alkyl halides is 1. The Hall–Kier alpha value is -0.110. The summed E-state index contributed by atoms with van der Waals surface area (Å²) >= 11 is 0. The third-order valence-electron chi connectivity index (χ3n) is 3.64. The number of nitrogens with zero attached hydrogens (tertiary/aromatic N) is 1. The highest BCUT2D eigenvalue weighted by molar-refractivity contribution is 4.88. The van der Waals surface area contributed by atoms with Gasteiger partial charge in [0.25, 0.3) is 0 Å². The van der Waals surface area contributed by atoms with Crippen molar-refractivity contribution in [3.05, 3.63) is 0 Å². The van der Waals surface area contributed by atoms with Crippen molar-refractivity contribution in [3.8, 4) is 0 Å². The fraction of sp³-hybridized carbons (Fsp3) is 1.00. The van der Waals surface area contributed by atoms with Gasteiger partial charge in [0.05, 0.1) is 0 Å². The molecule has 1 rings (SSSR count). The minimum absolute atomic E-state index is 0.176. The first-order chi connectivity index (χ1) is 6.47. The van der Waals surface area contributed by atoms with Crippen molar-refractivity contribution in [1.82, 2.24) is 4.90 Å². The summed E-state index contributed by atoms with van der Waals surface area (Å²) in [6, 6.07) is 0. The molecule has 0 saturated carbocycles. The molecule has 1 nitrogen and oxygen atoms in total. The van der Waals surface area contributed by atoms with E-state index >= 15 is 0 Å². The van der Waals surface area contributed by atoms with E-state index in [1.807, 2.05) is 7.05 Å². The van der Waals surface area contributed by atoms with Crippen molar-refractivity contribution in [3.63, 3.8) is 0 Å². The third-order valence-corrected chi connectivity index (χ3v) is 3.64. The summed E-state index contributed by atoms with van der Waals surface area (Å²) in [5.74, 6) is 0.263. The molecule has 0 amide bonds. The van der Waals surface area contributed by atoms with Gasteiger partial charge in [-0.1, -0.05) is 27.2 Å². The number of hydrogen-bond acceptors (Lipinski definition) is 1. The van der Waals surface area contributed by atoms with E-state index in [0.29, 0.717) is 6.54 Å². The molecule has 0 aliphatic carbocycles. The van der Waals surface area contributed by atoms with Crippen molar-refractivity contribution in [2.75, 3.05) is 20.1 Å². The predicted molar refractivity (Wildman–Crippen MR) is 59.2 cm³/mol. The van der Waals surface area contributed by atoms with Crippen LogP contribution in [-0.2, 0) is 0 Å². The molecule has 1 heterocycles. The molecular weight excluding hydrogens is 177 g/mol. The molecule has 0 aromatic carbocycles. The van der Waals surface area contributed by atoms with E-state index in [1.54, 1.807) is 0 Å². The summed E-state index contributed by atoms with van der Waals surface area (Å²) in [5.41, 5.74) is 0.176. The molecule has 0 bridgehead atoms. The average Bonchev–Trinajstić information content (AvgIpc) is 2.02. The van der Waals surface area contributed by atoms with Crippen LogP contribution in [0.3, 0.4) is 0 Å². The number of halogens is 1. The quantitative estimate of drug-likeness (QED) is 0.678. The van der Waals surface area contributed by atoms with Crippen LogP contribution in [0.1, 0.15) is 40.0 Å². The Balaban J connectivity index is 2.58. The lowest BCUT2D eigenvalue weighted by Crippen LogP contribution is -2.45.